The average molecular weight is 278 g/mol. The van der Waals surface area contributed by atoms with Crippen LogP contribution in [0.1, 0.15) is 23.0 Å². The summed E-state index contributed by atoms with van der Waals surface area (Å²) >= 11 is 1.31. The van der Waals surface area contributed by atoms with Gasteiger partial charge in [0, 0.05) is 11.6 Å². The second-order valence-corrected chi connectivity index (χ2v) is 4.96. The van der Waals surface area contributed by atoms with E-state index in [0.29, 0.717) is 10.8 Å². The standard InChI is InChI=1S/C12H14N4O2S/c1-6-3-4-14-7(2)10(6)16-12-15-8(5-19-12)9(13)11(17)18/h3-5,9H,13H2,1-2H3,(H,15,16)(H,17,18). The smallest absolute Gasteiger partial charge is 0.326 e. The summed E-state index contributed by atoms with van der Waals surface area (Å²) in [5.41, 5.74) is 8.65. The van der Waals surface area contributed by atoms with E-state index in [-0.39, 0.29) is 0 Å². The van der Waals surface area contributed by atoms with Crippen LogP contribution in [0.2, 0.25) is 0 Å². The Morgan fingerprint density at radius 1 is 1.53 bits per heavy atom. The number of aryl methyl sites for hydroxylation is 2. The van der Waals surface area contributed by atoms with Crippen LogP contribution in [-0.2, 0) is 4.79 Å². The van der Waals surface area contributed by atoms with E-state index in [0.717, 1.165) is 16.9 Å². The summed E-state index contributed by atoms with van der Waals surface area (Å²) < 4.78 is 0. The van der Waals surface area contributed by atoms with Gasteiger partial charge in [0.05, 0.1) is 17.1 Å². The second kappa shape index (κ2) is 5.33. The molecule has 1 unspecified atom stereocenters. The van der Waals surface area contributed by atoms with Crippen molar-refractivity contribution in [1.82, 2.24) is 9.97 Å². The van der Waals surface area contributed by atoms with Crippen LogP contribution >= 0.6 is 11.3 Å². The molecule has 0 fully saturated rings. The first-order valence-electron chi connectivity index (χ1n) is 5.62. The van der Waals surface area contributed by atoms with E-state index in [1.54, 1.807) is 11.6 Å². The lowest BCUT2D eigenvalue weighted by molar-refractivity contribution is -0.138. The molecular weight excluding hydrogens is 264 g/mol. The number of aliphatic carboxylic acids is 1. The minimum absolute atomic E-state index is 0.346. The van der Waals surface area contributed by atoms with Gasteiger partial charge >= 0.3 is 5.97 Å². The van der Waals surface area contributed by atoms with E-state index in [1.165, 1.54) is 11.3 Å². The third-order valence-corrected chi connectivity index (χ3v) is 3.46. The number of rotatable bonds is 4. The fraction of sp³-hybridized carbons (Fsp3) is 0.250. The summed E-state index contributed by atoms with van der Waals surface area (Å²) in [6.07, 6.45) is 1.74. The minimum Gasteiger partial charge on any atom is -0.480 e. The SMILES string of the molecule is Cc1ccnc(C)c1Nc1nc(C(N)C(=O)O)cs1. The lowest BCUT2D eigenvalue weighted by Crippen LogP contribution is -2.20. The number of aromatic nitrogens is 2. The Morgan fingerprint density at radius 2 is 2.26 bits per heavy atom. The molecular formula is C12H14N4O2S. The molecule has 2 aromatic rings. The Morgan fingerprint density at radius 3 is 2.89 bits per heavy atom. The number of nitrogens with zero attached hydrogens (tertiary/aromatic N) is 2. The van der Waals surface area contributed by atoms with Crippen molar-refractivity contribution in [3.63, 3.8) is 0 Å². The Hall–Kier alpha value is -1.99. The van der Waals surface area contributed by atoms with E-state index in [4.69, 9.17) is 10.8 Å². The molecule has 0 aliphatic heterocycles. The van der Waals surface area contributed by atoms with E-state index in [1.807, 2.05) is 19.9 Å². The van der Waals surface area contributed by atoms with Gasteiger partial charge in [-0.05, 0) is 25.5 Å². The Bertz CT molecular complexity index is 591. The van der Waals surface area contributed by atoms with Crippen molar-refractivity contribution in [1.29, 1.82) is 0 Å². The third-order valence-electron chi connectivity index (χ3n) is 2.69. The first-order valence-corrected chi connectivity index (χ1v) is 6.50. The molecule has 0 aliphatic rings. The van der Waals surface area contributed by atoms with Gasteiger partial charge < -0.3 is 16.2 Å². The molecule has 1 atom stereocenters. The zero-order chi connectivity index (χ0) is 14.0. The van der Waals surface area contributed by atoms with Crippen LogP contribution in [0.4, 0.5) is 10.8 Å². The quantitative estimate of drug-likeness (QED) is 0.790. The van der Waals surface area contributed by atoms with Gasteiger partial charge in [0.2, 0.25) is 0 Å². The molecule has 100 valence electrons. The number of pyridine rings is 1. The fourth-order valence-electron chi connectivity index (χ4n) is 1.60. The van der Waals surface area contributed by atoms with Crippen LogP contribution in [0.3, 0.4) is 0 Å². The summed E-state index contributed by atoms with van der Waals surface area (Å²) in [7, 11) is 0. The summed E-state index contributed by atoms with van der Waals surface area (Å²) in [5, 5.41) is 14.2. The molecule has 0 aromatic carbocycles. The van der Waals surface area contributed by atoms with Gasteiger partial charge in [-0.2, -0.15) is 0 Å². The largest absolute Gasteiger partial charge is 0.480 e. The highest BCUT2D eigenvalue weighted by atomic mass is 32.1. The Balaban J connectivity index is 2.23. The molecule has 2 aromatic heterocycles. The van der Waals surface area contributed by atoms with E-state index in [2.05, 4.69) is 15.3 Å². The van der Waals surface area contributed by atoms with Gasteiger partial charge in [0.25, 0.3) is 0 Å². The molecule has 19 heavy (non-hydrogen) atoms. The zero-order valence-corrected chi connectivity index (χ0v) is 11.4. The van der Waals surface area contributed by atoms with E-state index >= 15 is 0 Å². The van der Waals surface area contributed by atoms with Crippen LogP contribution in [0.25, 0.3) is 0 Å². The molecule has 0 bridgehead atoms. The molecule has 0 saturated heterocycles. The highest BCUT2D eigenvalue weighted by molar-refractivity contribution is 7.13. The normalized spacial score (nSPS) is 12.2. The first-order chi connectivity index (χ1) is 8.99. The molecule has 2 heterocycles. The molecule has 0 radical (unpaired) electrons. The molecule has 6 nitrogen and oxygen atoms in total. The van der Waals surface area contributed by atoms with Crippen molar-refractivity contribution in [2.45, 2.75) is 19.9 Å². The maximum Gasteiger partial charge on any atom is 0.326 e. The van der Waals surface area contributed by atoms with Crippen LogP contribution in [0.5, 0.6) is 0 Å². The van der Waals surface area contributed by atoms with Gasteiger partial charge in [0.1, 0.15) is 6.04 Å². The third kappa shape index (κ3) is 2.88. The summed E-state index contributed by atoms with van der Waals surface area (Å²) in [6, 6.07) is 0.801. The number of nitrogens with two attached hydrogens (primary N) is 1. The lowest BCUT2D eigenvalue weighted by Gasteiger charge is -2.09. The van der Waals surface area contributed by atoms with Crippen LogP contribution in [-0.4, -0.2) is 21.0 Å². The van der Waals surface area contributed by atoms with E-state index < -0.39 is 12.0 Å². The molecule has 0 amide bonds. The van der Waals surface area contributed by atoms with Crippen LogP contribution < -0.4 is 11.1 Å². The number of hydrogen-bond acceptors (Lipinski definition) is 6. The summed E-state index contributed by atoms with van der Waals surface area (Å²) in [4.78, 5) is 19.2. The number of carboxylic acids is 1. The molecule has 0 saturated carbocycles. The number of hydrogen-bond donors (Lipinski definition) is 3. The number of carbonyl (C=O) groups is 1. The fourth-order valence-corrected chi connectivity index (χ4v) is 2.35. The Kier molecular flexibility index (Phi) is 3.77. The highest BCUT2D eigenvalue weighted by Crippen LogP contribution is 2.26. The van der Waals surface area contributed by atoms with Gasteiger partial charge in [-0.25, -0.2) is 4.98 Å². The van der Waals surface area contributed by atoms with Crippen LogP contribution in [0, 0.1) is 13.8 Å². The molecule has 2 rings (SSSR count). The van der Waals surface area contributed by atoms with Crippen LogP contribution in [0.15, 0.2) is 17.6 Å². The number of thiazole rings is 1. The summed E-state index contributed by atoms with van der Waals surface area (Å²) in [5.74, 6) is -1.09. The van der Waals surface area contributed by atoms with Crippen molar-refractivity contribution in [3.8, 4) is 0 Å². The van der Waals surface area contributed by atoms with Crippen molar-refractivity contribution in [2.75, 3.05) is 5.32 Å². The second-order valence-electron chi connectivity index (χ2n) is 4.11. The lowest BCUT2D eigenvalue weighted by atomic mass is 10.2. The topological polar surface area (TPSA) is 101 Å². The molecule has 4 N–H and O–H groups in total. The number of carboxylic acid groups (broad SMARTS) is 1. The van der Waals surface area contributed by atoms with Crippen molar-refractivity contribution >= 4 is 28.1 Å². The van der Waals surface area contributed by atoms with Gasteiger partial charge in [0.15, 0.2) is 5.13 Å². The molecule has 7 heteroatoms. The predicted molar refractivity (Wildman–Crippen MR) is 73.7 cm³/mol. The van der Waals surface area contributed by atoms with Crippen molar-refractivity contribution in [2.24, 2.45) is 5.73 Å². The monoisotopic (exact) mass is 278 g/mol. The predicted octanol–water partition coefficient (Wildman–Crippen LogP) is 1.98. The zero-order valence-electron chi connectivity index (χ0n) is 10.5. The Labute approximate surface area is 114 Å². The maximum atomic E-state index is 10.8. The number of nitrogens with one attached hydrogen (secondary N) is 1. The number of anilines is 2. The average Bonchev–Trinajstić information content (AvgIpc) is 2.81. The maximum absolute atomic E-state index is 10.8. The van der Waals surface area contributed by atoms with Gasteiger partial charge in [-0.15, -0.1) is 11.3 Å². The molecule has 0 spiro atoms. The minimum atomic E-state index is -1.09. The summed E-state index contributed by atoms with van der Waals surface area (Å²) in [6.45, 7) is 3.86. The van der Waals surface area contributed by atoms with Crippen molar-refractivity contribution < 1.29 is 9.90 Å². The van der Waals surface area contributed by atoms with E-state index in [9.17, 15) is 4.79 Å². The highest BCUT2D eigenvalue weighted by Gasteiger charge is 2.18. The van der Waals surface area contributed by atoms with Crippen molar-refractivity contribution in [3.05, 3.63) is 34.6 Å². The first kappa shape index (κ1) is 13.4. The van der Waals surface area contributed by atoms with Gasteiger partial charge in [-0.1, -0.05) is 0 Å². The van der Waals surface area contributed by atoms with Gasteiger partial charge in [-0.3, -0.25) is 9.78 Å². The molecule has 0 aliphatic carbocycles.